The highest BCUT2D eigenvalue weighted by Crippen LogP contribution is 2.25. The fourth-order valence-electron chi connectivity index (χ4n) is 2.54. The average molecular weight is 383 g/mol. The number of ether oxygens (including phenoxy) is 1. The van der Waals surface area contributed by atoms with Gasteiger partial charge in [0.2, 0.25) is 5.91 Å². The van der Waals surface area contributed by atoms with E-state index in [4.69, 9.17) is 28.9 Å². The van der Waals surface area contributed by atoms with Crippen LogP contribution in [0.1, 0.15) is 35.3 Å². The highest BCUT2D eigenvalue weighted by atomic mass is 35.5. The van der Waals surface area contributed by atoms with Crippen molar-refractivity contribution in [2.24, 2.45) is 5.73 Å². The zero-order valence-electron chi connectivity index (χ0n) is 14.0. The third-order valence-corrected chi connectivity index (χ3v) is 4.48. The van der Waals surface area contributed by atoms with Crippen LogP contribution in [0.4, 0.5) is 0 Å². The number of carbonyl (C=O) groups is 2. The molecule has 1 aromatic carbocycles. The van der Waals surface area contributed by atoms with E-state index >= 15 is 0 Å². The molecule has 1 aliphatic rings. The number of halogens is 2. The highest BCUT2D eigenvalue weighted by Gasteiger charge is 2.24. The first-order valence-corrected chi connectivity index (χ1v) is 8.59. The normalized spacial score (nSPS) is 19.3. The van der Waals surface area contributed by atoms with Crippen LogP contribution in [0.25, 0.3) is 0 Å². The van der Waals surface area contributed by atoms with Gasteiger partial charge in [-0.05, 0) is 48.8 Å². The maximum atomic E-state index is 12.4. The lowest BCUT2D eigenvalue weighted by atomic mass is 9.97. The molecule has 0 saturated heterocycles. The summed E-state index contributed by atoms with van der Waals surface area (Å²) in [7, 11) is 1.33. The molecule has 2 rings (SSSR count). The number of alkyl halides is 1. The van der Waals surface area contributed by atoms with Crippen molar-refractivity contribution in [3.05, 3.63) is 58.1 Å². The number of nitrogens with one attached hydrogen (secondary N) is 1. The van der Waals surface area contributed by atoms with Crippen LogP contribution >= 0.6 is 23.2 Å². The molecule has 0 spiro atoms. The third kappa shape index (κ3) is 5.08. The van der Waals surface area contributed by atoms with Crippen molar-refractivity contribution in [1.29, 1.82) is 0 Å². The van der Waals surface area contributed by atoms with Gasteiger partial charge in [-0.15, -0.1) is 11.6 Å². The number of nitrogens with two attached hydrogens (primary N) is 1. The summed E-state index contributed by atoms with van der Waals surface area (Å²) in [6.45, 7) is 1.84. The van der Waals surface area contributed by atoms with Gasteiger partial charge in [-0.1, -0.05) is 23.7 Å². The Morgan fingerprint density at radius 1 is 1.32 bits per heavy atom. The number of carbonyl (C=O) groups excluding carboxylic acids is 2. The Balaban J connectivity index is 2.02. The molecule has 3 unspecified atom stereocenters. The number of hydrogen-bond acceptors (Lipinski definition) is 4. The molecule has 0 aliphatic heterocycles. The highest BCUT2D eigenvalue weighted by molar-refractivity contribution is 6.32. The van der Waals surface area contributed by atoms with Crippen LogP contribution in [-0.4, -0.2) is 30.4 Å². The van der Waals surface area contributed by atoms with Crippen LogP contribution in [0.5, 0.6) is 0 Å². The van der Waals surface area contributed by atoms with E-state index < -0.39 is 12.0 Å². The van der Waals surface area contributed by atoms with E-state index in [9.17, 15) is 9.59 Å². The summed E-state index contributed by atoms with van der Waals surface area (Å²) in [5.41, 5.74) is 8.03. The van der Waals surface area contributed by atoms with Gasteiger partial charge < -0.3 is 15.8 Å². The molecular formula is C18H20Cl2N2O3. The predicted octanol–water partition coefficient (Wildman–Crippen LogP) is 3.04. The summed E-state index contributed by atoms with van der Waals surface area (Å²) >= 11 is 12.1. The molecule has 0 heterocycles. The van der Waals surface area contributed by atoms with Crippen molar-refractivity contribution in [3.8, 4) is 0 Å². The molecular weight excluding hydrogens is 363 g/mol. The molecule has 0 radical (unpaired) electrons. The smallest absolute Gasteiger partial charge is 0.337 e. The Morgan fingerprint density at radius 3 is 2.52 bits per heavy atom. The van der Waals surface area contributed by atoms with Gasteiger partial charge in [-0.3, -0.25) is 4.79 Å². The van der Waals surface area contributed by atoms with E-state index in [-0.39, 0.29) is 17.3 Å². The molecule has 25 heavy (non-hydrogen) atoms. The van der Waals surface area contributed by atoms with Gasteiger partial charge in [-0.25, -0.2) is 4.79 Å². The van der Waals surface area contributed by atoms with Crippen molar-refractivity contribution in [2.75, 3.05) is 7.11 Å². The number of hydrogen-bond donors (Lipinski definition) is 2. The maximum absolute atomic E-state index is 12.4. The molecule has 0 aromatic heterocycles. The minimum absolute atomic E-state index is 0.269. The number of allylic oxidation sites excluding steroid dienone is 3. The first-order chi connectivity index (χ1) is 11.8. The lowest BCUT2D eigenvalue weighted by molar-refractivity contribution is -0.122. The van der Waals surface area contributed by atoms with Gasteiger partial charge in [0.1, 0.15) is 6.04 Å². The van der Waals surface area contributed by atoms with Crippen molar-refractivity contribution < 1.29 is 14.3 Å². The van der Waals surface area contributed by atoms with Crippen LogP contribution in [0.3, 0.4) is 0 Å². The van der Waals surface area contributed by atoms with E-state index in [1.165, 1.54) is 7.11 Å². The first-order valence-electron chi connectivity index (χ1n) is 7.78. The average Bonchev–Trinajstić information content (AvgIpc) is 2.59. The summed E-state index contributed by atoms with van der Waals surface area (Å²) < 4.78 is 4.66. The quantitative estimate of drug-likeness (QED) is 0.605. The van der Waals surface area contributed by atoms with E-state index in [1.54, 1.807) is 36.4 Å². The third-order valence-electron chi connectivity index (χ3n) is 3.97. The fraction of sp³-hybridized carbons (Fsp3) is 0.333. The summed E-state index contributed by atoms with van der Waals surface area (Å²) in [5.74, 6) is -0.721. The molecule has 0 fully saturated rings. The molecule has 1 amide bonds. The number of esters is 1. The lowest BCUT2D eigenvalue weighted by Crippen LogP contribution is -2.43. The SMILES string of the molecule is COC(=O)c1ccc(C(C)NC(=O)C(N)C2=CC(Cl)=CC(Cl)C2)cc1. The minimum Gasteiger partial charge on any atom is -0.465 e. The molecule has 3 atom stereocenters. The number of methoxy groups -OCH3 is 1. The standard InChI is InChI=1S/C18H20Cl2N2O3/c1-10(11-3-5-12(6-4-11)18(24)25-2)22-17(23)16(21)13-7-14(19)9-15(20)8-13/h3-7,9-10,15-16H,8,21H2,1-2H3,(H,22,23). The van der Waals surface area contributed by atoms with Gasteiger partial charge >= 0.3 is 5.97 Å². The summed E-state index contributed by atoms with van der Waals surface area (Å²) in [5, 5.41) is 3.07. The lowest BCUT2D eigenvalue weighted by Gasteiger charge is -2.22. The number of amides is 1. The van der Waals surface area contributed by atoms with Gasteiger partial charge in [0.25, 0.3) is 0 Å². The molecule has 0 saturated carbocycles. The Bertz CT molecular complexity index is 714. The van der Waals surface area contributed by atoms with Gasteiger partial charge in [-0.2, -0.15) is 0 Å². The van der Waals surface area contributed by atoms with Crippen LogP contribution in [0.15, 0.2) is 47.0 Å². The van der Waals surface area contributed by atoms with Crippen LogP contribution < -0.4 is 11.1 Å². The molecule has 1 aromatic rings. The molecule has 3 N–H and O–H groups in total. The monoisotopic (exact) mass is 382 g/mol. The largest absolute Gasteiger partial charge is 0.465 e. The second-order valence-electron chi connectivity index (χ2n) is 5.81. The van der Waals surface area contributed by atoms with Crippen molar-refractivity contribution in [2.45, 2.75) is 30.8 Å². The Labute approximate surface area is 156 Å². The van der Waals surface area contributed by atoms with Crippen LogP contribution in [0, 0.1) is 0 Å². The van der Waals surface area contributed by atoms with Gasteiger partial charge in [0.05, 0.1) is 24.1 Å². The summed E-state index contributed by atoms with van der Waals surface area (Å²) in [4.78, 5) is 23.9. The predicted molar refractivity (Wildman–Crippen MR) is 98.6 cm³/mol. The fourth-order valence-corrected chi connectivity index (χ4v) is 3.21. The van der Waals surface area contributed by atoms with Crippen LogP contribution in [-0.2, 0) is 9.53 Å². The zero-order valence-corrected chi connectivity index (χ0v) is 15.5. The Kier molecular flexibility index (Phi) is 6.64. The van der Waals surface area contributed by atoms with E-state index in [0.717, 1.165) is 5.56 Å². The van der Waals surface area contributed by atoms with Gasteiger partial charge in [0, 0.05) is 5.03 Å². The van der Waals surface area contributed by atoms with Gasteiger partial charge in [0.15, 0.2) is 0 Å². The topological polar surface area (TPSA) is 81.4 Å². The van der Waals surface area contributed by atoms with Crippen molar-refractivity contribution >= 4 is 35.1 Å². The van der Waals surface area contributed by atoms with E-state index in [0.29, 0.717) is 22.6 Å². The first kappa shape index (κ1) is 19.5. The molecule has 5 nitrogen and oxygen atoms in total. The summed E-state index contributed by atoms with van der Waals surface area (Å²) in [6, 6.07) is 5.73. The molecule has 0 bridgehead atoms. The van der Waals surface area contributed by atoms with Crippen molar-refractivity contribution in [1.82, 2.24) is 5.32 Å². The second-order valence-corrected chi connectivity index (χ2v) is 6.81. The number of benzene rings is 1. The van der Waals surface area contributed by atoms with Crippen molar-refractivity contribution in [3.63, 3.8) is 0 Å². The Hall–Kier alpha value is -1.82. The second kappa shape index (κ2) is 8.52. The number of rotatable bonds is 5. The van der Waals surface area contributed by atoms with E-state index in [2.05, 4.69) is 10.1 Å². The molecule has 134 valence electrons. The van der Waals surface area contributed by atoms with E-state index in [1.807, 2.05) is 6.92 Å². The minimum atomic E-state index is -0.819. The maximum Gasteiger partial charge on any atom is 0.337 e. The molecule has 1 aliphatic carbocycles. The summed E-state index contributed by atoms with van der Waals surface area (Å²) in [6.07, 6.45) is 3.87. The Morgan fingerprint density at radius 2 is 1.96 bits per heavy atom. The zero-order chi connectivity index (χ0) is 18.6. The van der Waals surface area contributed by atoms with Crippen LogP contribution in [0.2, 0.25) is 0 Å². The molecule has 7 heteroatoms.